The van der Waals surface area contributed by atoms with Gasteiger partial charge < -0.3 is 0 Å². The molecule has 14 heavy (non-hydrogen) atoms. The zero-order chi connectivity index (χ0) is 10.9. The lowest BCUT2D eigenvalue weighted by molar-refractivity contribution is -0.116. The largest absolute Gasteiger partial charge is 0.300 e. The molecule has 0 amide bonds. The Bertz CT molecular complexity index is 387. The van der Waals surface area contributed by atoms with Crippen LogP contribution in [0.5, 0.6) is 0 Å². The zero-order valence-corrected chi connectivity index (χ0v) is 7.20. The van der Waals surface area contributed by atoms with E-state index >= 15 is 0 Å². The van der Waals surface area contributed by atoms with Crippen LogP contribution in [-0.2, 0) is 11.2 Å². The molecule has 1 nitrogen and oxygen atoms in total. The van der Waals surface area contributed by atoms with Gasteiger partial charge in [-0.15, -0.1) is 0 Å². The van der Waals surface area contributed by atoms with E-state index in [1.807, 2.05) is 0 Å². The van der Waals surface area contributed by atoms with Crippen LogP contribution in [0.15, 0.2) is 6.07 Å². The number of hydrogen-bond donors (Lipinski definition) is 0. The summed E-state index contributed by atoms with van der Waals surface area (Å²) in [5, 5.41) is 0. The average molecular weight is 206 g/mol. The first kappa shape index (κ1) is 10.7. The molecule has 0 aliphatic heterocycles. The SMILES string of the molecule is CC(=O)Cc1cc(F)c(F)c(F)c1F. The van der Waals surface area contributed by atoms with Gasteiger partial charge in [0.2, 0.25) is 0 Å². The van der Waals surface area contributed by atoms with Gasteiger partial charge in [0.05, 0.1) is 0 Å². The van der Waals surface area contributed by atoms with Gasteiger partial charge in [0, 0.05) is 12.0 Å². The van der Waals surface area contributed by atoms with Gasteiger partial charge in [0.25, 0.3) is 0 Å². The van der Waals surface area contributed by atoms with Crippen molar-refractivity contribution < 1.29 is 22.4 Å². The fourth-order valence-corrected chi connectivity index (χ4v) is 1.02. The Morgan fingerprint density at radius 3 is 2.21 bits per heavy atom. The lowest BCUT2D eigenvalue weighted by atomic mass is 10.1. The fourth-order valence-electron chi connectivity index (χ4n) is 1.02. The van der Waals surface area contributed by atoms with Crippen molar-refractivity contribution in [3.05, 3.63) is 34.9 Å². The van der Waals surface area contributed by atoms with Gasteiger partial charge in [0.15, 0.2) is 23.3 Å². The van der Waals surface area contributed by atoms with Crippen LogP contribution in [0.1, 0.15) is 12.5 Å². The van der Waals surface area contributed by atoms with Crippen LogP contribution in [0.4, 0.5) is 17.6 Å². The molecule has 0 radical (unpaired) electrons. The zero-order valence-electron chi connectivity index (χ0n) is 7.20. The number of benzene rings is 1. The summed E-state index contributed by atoms with van der Waals surface area (Å²) in [6.45, 7) is 1.14. The lowest BCUT2D eigenvalue weighted by Gasteiger charge is -2.03. The van der Waals surface area contributed by atoms with Crippen molar-refractivity contribution in [1.29, 1.82) is 0 Å². The second kappa shape index (κ2) is 3.77. The predicted octanol–water partition coefficient (Wildman–Crippen LogP) is 2.37. The van der Waals surface area contributed by atoms with Crippen molar-refractivity contribution in [2.24, 2.45) is 0 Å². The molecule has 0 fully saturated rings. The van der Waals surface area contributed by atoms with Crippen LogP contribution < -0.4 is 0 Å². The summed E-state index contributed by atoms with van der Waals surface area (Å²) in [7, 11) is 0. The van der Waals surface area contributed by atoms with E-state index in [-0.39, 0.29) is 0 Å². The minimum Gasteiger partial charge on any atom is -0.300 e. The second-order valence-corrected chi connectivity index (χ2v) is 2.84. The highest BCUT2D eigenvalue weighted by Gasteiger charge is 2.19. The first-order valence-corrected chi connectivity index (χ1v) is 3.74. The molecule has 0 unspecified atom stereocenters. The molecule has 0 atom stereocenters. The Kier molecular flexibility index (Phi) is 2.88. The van der Waals surface area contributed by atoms with Gasteiger partial charge in [0.1, 0.15) is 5.78 Å². The molecule has 0 bridgehead atoms. The van der Waals surface area contributed by atoms with Gasteiger partial charge in [-0.3, -0.25) is 4.79 Å². The fraction of sp³-hybridized carbons (Fsp3) is 0.222. The molecule has 0 aliphatic carbocycles. The molecule has 0 saturated heterocycles. The van der Waals surface area contributed by atoms with Crippen LogP contribution in [0.2, 0.25) is 0 Å². The van der Waals surface area contributed by atoms with Crippen LogP contribution in [-0.4, -0.2) is 5.78 Å². The number of halogens is 4. The van der Waals surface area contributed by atoms with Gasteiger partial charge in [-0.1, -0.05) is 0 Å². The first-order chi connectivity index (χ1) is 6.43. The van der Waals surface area contributed by atoms with Crippen LogP contribution in [0, 0.1) is 23.3 Å². The first-order valence-electron chi connectivity index (χ1n) is 3.74. The van der Waals surface area contributed by atoms with Crippen molar-refractivity contribution in [2.45, 2.75) is 13.3 Å². The molecule has 0 N–H and O–H groups in total. The van der Waals surface area contributed by atoms with E-state index in [1.54, 1.807) is 0 Å². The summed E-state index contributed by atoms with van der Waals surface area (Å²) < 4.78 is 50.5. The van der Waals surface area contributed by atoms with E-state index in [2.05, 4.69) is 0 Å². The van der Waals surface area contributed by atoms with Gasteiger partial charge >= 0.3 is 0 Å². The molecular formula is C9H6F4O. The number of carbonyl (C=O) groups excluding carboxylic acids is 1. The summed E-state index contributed by atoms with van der Waals surface area (Å²) in [5.41, 5.74) is -0.478. The molecule has 0 aromatic heterocycles. The van der Waals surface area contributed by atoms with Crippen LogP contribution in [0.25, 0.3) is 0 Å². The maximum Gasteiger partial charge on any atom is 0.197 e. The van der Waals surface area contributed by atoms with Crippen molar-refractivity contribution in [2.75, 3.05) is 0 Å². The Hall–Kier alpha value is -1.39. The topological polar surface area (TPSA) is 17.1 Å². The highest BCUT2D eigenvalue weighted by atomic mass is 19.2. The van der Waals surface area contributed by atoms with Crippen molar-refractivity contribution in [1.82, 2.24) is 0 Å². The molecule has 1 aromatic rings. The van der Waals surface area contributed by atoms with Crippen molar-refractivity contribution >= 4 is 5.78 Å². The van der Waals surface area contributed by atoms with E-state index in [4.69, 9.17) is 0 Å². The normalized spacial score (nSPS) is 10.4. The summed E-state index contributed by atoms with van der Waals surface area (Å²) in [4.78, 5) is 10.6. The third-order valence-corrected chi connectivity index (χ3v) is 1.62. The molecule has 5 heteroatoms. The van der Waals surface area contributed by atoms with E-state index in [0.717, 1.165) is 6.92 Å². The Balaban J connectivity index is 3.25. The molecular weight excluding hydrogens is 200 g/mol. The molecule has 0 saturated carbocycles. The lowest BCUT2D eigenvalue weighted by Crippen LogP contribution is -2.05. The number of Topliss-reactive ketones (excluding diaryl/α,β-unsaturated/α-hetero) is 1. The van der Waals surface area contributed by atoms with Crippen molar-refractivity contribution in [3.63, 3.8) is 0 Å². The van der Waals surface area contributed by atoms with E-state index < -0.39 is 41.0 Å². The van der Waals surface area contributed by atoms with Gasteiger partial charge in [-0.25, -0.2) is 17.6 Å². The monoisotopic (exact) mass is 206 g/mol. The summed E-state index contributed by atoms with van der Waals surface area (Å²) in [6, 6.07) is 0.481. The van der Waals surface area contributed by atoms with Crippen LogP contribution in [0.3, 0.4) is 0 Å². The molecule has 1 aromatic carbocycles. The molecule has 0 heterocycles. The maximum atomic E-state index is 12.9. The van der Waals surface area contributed by atoms with E-state index in [9.17, 15) is 22.4 Å². The predicted molar refractivity (Wildman–Crippen MR) is 40.7 cm³/mol. The van der Waals surface area contributed by atoms with E-state index in [0.29, 0.717) is 6.07 Å². The Morgan fingerprint density at radius 1 is 1.14 bits per heavy atom. The van der Waals surface area contributed by atoms with Crippen molar-refractivity contribution in [3.8, 4) is 0 Å². The number of rotatable bonds is 2. The highest BCUT2D eigenvalue weighted by Crippen LogP contribution is 2.19. The van der Waals surface area contributed by atoms with Gasteiger partial charge in [-0.05, 0) is 13.0 Å². The molecule has 0 spiro atoms. The minimum atomic E-state index is -1.89. The Morgan fingerprint density at radius 2 is 1.71 bits per heavy atom. The third-order valence-electron chi connectivity index (χ3n) is 1.62. The number of hydrogen-bond acceptors (Lipinski definition) is 1. The van der Waals surface area contributed by atoms with Crippen LogP contribution >= 0.6 is 0 Å². The summed E-state index contributed by atoms with van der Waals surface area (Å²) >= 11 is 0. The maximum absolute atomic E-state index is 12.9. The third kappa shape index (κ3) is 1.92. The highest BCUT2D eigenvalue weighted by molar-refractivity contribution is 5.78. The van der Waals surface area contributed by atoms with E-state index in [1.165, 1.54) is 0 Å². The standard InChI is InChI=1S/C9H6F4O/c1-4(14)2-5-3-6(10)8(12)9(13)7(5)11/h3H,2H2,1H3. The summed E-state index contributed by atoms with van der Waals surface area (Å²) in [5.74, 6) is -7.23. The number of carbonyl (C=O) groups is 1. The molecule has 0 aliphatic rings. The number of ketones is 1. The second-order valence-electron chi connectivity index (χ2n) is 2.84. The minimum absolute atomic E-state index is 0.458. The Labute approximate surface area is 77.3 Å². The quantitative estimate of drug-likeness (QED) is 0.412. The average Bonchev–Trinajstić information content (AvgIpc) is 2.10. The smallest absolute Gasteiger partial charge is 0.197 e. The molecule has 1 rings (SSSR count). The van der Waals surface area contributed by atoms with Gasteiger partial charge in [-0.2, -0.15) is 0 Å². The summed E-state index contributed by atoms with van der Waals surface area (Å²) in [6.07, 6.45) is -0.458. The molecule has 76 valence electrons.